The van der Waals surface area contributed by atoms with Gasteiger partial charge in [-0.05, 0) is 56.8 Å². The van der Waals surface area contributed by atoms with Crippen LogP contribution in [0.3, 0.4) is 0 Å². The topological polar surface area (TPSA) is 44.0 Å². The largest absolute Gasteiger partial charge is 0.388 e. The lowest BCUT2D eigenvalue weighted by molar-refractivity contribution is -0.0758. The minimum Gasteiger partial charge on any atom is -0.388 e. The van der Waals surface area contributed by atoms with Gasteiger partial charge in [0.05, 0.1) is 17.1 Å². The summed E-state index contributed by atoms with van der Waals surface area (Å²) in [5.74, 6) is 1.42. The normalized spacial score (nSPS) is 43.1. The third-order valence-corrected chi connectivity index (χ3v) is 5.93. The van der Waals surface area contributed by atoms with Crippen molar-refractivity contribution in [2.75, 3.05) is 0 Å². The summed E-state index contributed by atoms with van der Waals surface area (Å²) >= 11 is 0. The van der Waals surface area contributed by atoms with Crippen molar-refractivity contribution in [3.05, 3.63) is 0 Å². The van der Waals surface area contributed by atoms with Gasteiger partial charge in [0.1, 0.15) is 0 Å². The third kappa shape index (κ3) is 2.68. The van der Waals surface area contributed by atoms with Crippen molar-refractivity contribution < 1.29 is 5.11 Å². The Morgan fingerprint density at radius 3 is 2.21 bits per heavy atom. The van der Waals surface area contributed by atoms with Crippen molar-refractivity contribution in [3.8, 4) is 6.07 Å². The molecule has 2 fully saturated rings. The van der Waals surface area contributed by atoms with Gasteiger partial charge in [0.15, 0.2) is 0 Å². The SMILES string of the molecule is CCCC1CCC(C#N)(C2(O)CCC(CC)C2)CC1. The highest BCUT2D eigenvalue weighted by molar-refractivity contribution is 5.15. The lowest BCUT2D eigenvalue weighted by Crippen LogP contribution is -2.48. The number of nitriles is 1. The van der Waals surface area contributed by atoms with Gasteiger partial charge in [0.2, 0.25) is 0 Å². The van der Waals surface area contributed by atoms with Crippen molar-refractivity contribution >= 4 is 0 Å². The zero-order valence-electron chi connectivity index (χ0n) is 12.6. The van der Waals surface area contributed by atoms with Crippen LogP contribution in [0.4, 0.5) is 0 Å². The Balaban J connectivity index is 2.06. The fourth-order valence-corrected chi connectivity index (χ4v) is 4.46. The molecule has 0 saturated heterocycles. The molecule has 1 N–H and O–H groups in total. The molecule has 0 aromatic heterocycles. The van der Waals surface area contributed by atoms with Crippen LogP contribution in [-0.2, 0) is 0 Å². The predicted molar refractivity (Wildman–Crippen MR) is 77.5 cm³/mol. The molecule has 2 aliphatic rings. The highest BCUT2D eigenvalue weighted by atomic mass is 16.3. The van der Waals surface area contributed by atoms with Gasteiger partial charge in [-0.25, -0.2) is 0 Å². The summed E-state index contributed by atoms with van der Waals surface area (Å²) in [6, 6.07) is 2.56. The van der Waals surface area contributed by atoms with Crippen molar-refractivity contribution in [1.82, 2.24) is 0 Å². The van der Waals surface area contributed by atoms with Gasteiger partial charge in [0, 0.05) is 0 Å². The Morgan fingerprint density at radius 1 is 1.11 bits per heavy atom. The molecular formula is C17H29NO. The monoisotopic (exact) mass is 263 g/mol. The molecule has 0 heterocycles. The van der Waals surface area contributed by atoms with Crippen LogP contribution in [0.2, 0.25) is 0 Å². The van der Waals surface area contributed by atoms with E-state index in [-0.39, 0.29) is 0 Å². The Kier molecular flexibility index (Phi) is 4.56. The minimum absolute atomic E-state index is 0.443. The quantitative estimate of drug-likeness (QED) is 0.815. The summed E-state index contributed by atoms with van der Waals surface area (Å²) in [5.41, 5.74) is -1.14. The van der Waals surface area contributed by atoms with Crippen LogP contribution in [0, 0.1) is 28.6 Å². The molecule has 108 valence electrons. The molecular weight excluding hydrogens is 234 g/mol. The average Bonchev–Trinajstić information content (AvgIpc) is 2.83. The van der Waals surface area contributed by atoms with Crippen molar-refractivity contribution in [2.45, 2.75) is 83.7 Å². The molecule has 19 heavy (non-hydrogen) atoms. The molecule has 2 atom stereocenters. The summed E-state index contributed by atoms with van der Waals surface area (Å²) in [4.78, 5) is 0. The zero-order valence-corrected chi connectivity index (χ0v) is 12.6. The van der Waals surface area contributed by atoms with Crippen molar-refractivity contribution in [2.24, 2.45) is 17.3 Å². The molecule has 2 rings (SSSR count). The van der Waals surface area contributed by atoms with Gasteiger partial charge in [0.25, 0.3) is 0 Å². The highest BCUT2D eigenvalue weighted by Crippen LogP contribution is 2.54. The Labute approximate surface area is 118 Å². The first-order chi connectivity index (χ1) is 9.09. The third-order valence-electron chi connectivity index (χ3n) is 5.93. The molecule has 0 spiro atoms. The maximum absolute atomic E-state index is 11.1. The van der Waals surface area contributed by atoms with Gasteiger partial charge in [-0.3, -0.25) is 0 Å². The number of aliphatic hydroxyl groups is 1. The molecule has 2 nitrogen and oxygen atoms in total. The van der Waals surface area contributed by atoms with Gasteiger partial charge in [-0.2, -0.15) is 5.26 Å². The van der Waals surface area contributed by atoms with Crippen LogP contribution >= 0.6 is 0 Å². The van der Waals surface area contributed by atoms with E-state index < -0.39 is 11.0 Å². The van der Waals surface area contributed by atoms with Crippen LogP contribution in [0.15, 0.2) is 0 Å². The Bertz CT molecular complexity index is 338. The van der Waals surface area contributed by atoms with E-state index in [1.54, 1.807) is 0 Å². The first-order valence-electron chi connectivity index (χ1n) is 8.23. The van der Waals surface area contributed by atoms with E-state index in [9.17, 15) is 10.4 Å². The van der Waals surface area contributed by atoms with E-state index in [2.05, 4.69) is 19.9 Å². The fourth-order valence-electron chi connectivity index (χ4n) is 4.46. The lowest BCUT2D eigenvalue weighted by atomic mass is 9.61. The average molecular weight is 263 g/mol. The maximum Gasteiger partial charge on any atom is 0.0860 e. The number of rotatable bonds is 4. The first-order valence-corrected chi connectivity index (χ1v) is 8.23. The van der Waals surface area contributed by atoms with E-state index in [4.69, 9.17) is 0 Å². The molecule has 2 saturated carbocycles. The lowest BCUT2D eigenvalue weighted by Gasteiger charge is -2.45. The highest BCUT2D eigenvalue weighted by Gasteiger charge is 2.54. The Morgan fingerprint density at radius 2 is 1.74 bits per heavy atom. The second kappa shape index (κ2) is 5.83. The van der Waals surface area contributed by atoms with Crippen LogP contribution in [0.25, 0.3) is 0 Å². The van der Waals surface area contributed by atoms with Gasteiger partial charge in [-0.1, -0.05) is 33.1 Å². The molecule has 2 aliphatic carbocycles. The van der Waals surface area contributed by atoms with E-state index >= 15 is 0 Å². The van der Waals surface area contributed by atoms with E-state index in [1.807, 2.05) is 0 Å². The molecule has 0 aromatic rings. The van der Waals surface area contributed by atoms with Crippen molar-refractivity contribution in [1.29, 1.82) is 5.26 Å². The van der Waals surface area contributed by atoms with Crippen LogP contribution in [0.1, 0.15) is 78.1 Å². The summed E-state index contributed by atoms with van der Waals surface area (Å²) < 4.78 is 0. The summed E-state index contributed by atoms with van der Waals surface area (Å²) in [7, 11) is 0. The van der Waals surface area contributed by atoms with Crippen molar-refractivity contribution in [3.63, 3.8) is 0 Å². The van der Waals surface area contributed by atoms with Crippen LogP contribution in [-0.4, -0.2) is 10.7 Å². The van der Waals surface area contributed by atoms with E-state index in [0.717, 1.165) is 57.3 Å². The first kappa shape index (κ1) is 14.9. The van der Waals surface area contributed by atoms with Gasteiger partial charge in [-0.15, -0.1) is 0 Å². The summed E-state index contributed by atoms with van der Waals surface area (Å²) in [5, 5.41) is 20.8. The van der Waals surface area contributed by atoms with Gasteiger partial charge < -0.3 is 5.11 Å². The molecule has 2 unspecified atom stereocenters. The van der Waals surface area contributed by atoms with E-state index in [0.29, 0.717) is 5.92 Å². The minimum atomic E-state index is -0.695. The van der Waals surface area contributed by atoms with E-state index in [1.165, 1.54) is 12.8 Å². The maximum atomic E-state index is 11.1. The second-order valence-corrected chi connectivity index (χ2v) is 6.97. The summed E-state index contributed by atoms with van der Waals surface area (Å²) in [6.45, 7) is 4.44. The molecule has 0 aliphatic heterocycles. The standard InChI is InChI=1S/C17H29NO/c1-3-5-15-6-9-16(13-18,10-7-15)17(19)11-8-14(4-2)12-17/h14-15,19H,3-12H2,1-2H3. The fraction of sp³-hybridized carbons (Fsp3) is 0.941. The van der Waals surface area contributed by atoms with Crippen LogP contribution in [0.5, 0.6) is 0 Å². The molecule has 2 heteroatoms. The predicted octanol–water partition coefficient (Wildman–Crippen LogP) is 4.43. The zero-order chi connectivity index (χ0) is 13.9. The molecule has 0 amide bonds. The number of hydrogen-bond donors (Lipinski definition) is 1. The molecule has 0 radical (unpaired) electrons. The second-order valence-electron chi connectivity index (χ2n) is 6.97. The molecule has 0 aromatic carbocycles. The number of hydrogen-bond acceptors (Lipinski definition) is 2. The summed E-state index contributed by atoms with van der Waals surface area (Å²) in [6.07, 6.45) is 10.6. The smallest absolute Gasteiger partial charge is 0.0860 e. The van der Waals surface area contributed by atoms with Gasteiger partial charge >= 0.3 is 0 Å². The Hall–Kier alpha value is -0.550. The van der Waals surface area contributed by atoms with Crippen LogP contribution < -0.4 is 0 Å². The number of nitrogens with zero attached hydrogens (tertiary/aromatic N) is 1. The molecule has 0 bridgehead atoms.